The van der Waals surface area contributed by atoms with Gasteiger partial charge >= 0.3 is 6.03 Å². The van der Waals surface area contributed by atoms with Gasteiger partial charge in [0.1, 0.15) is 0 Å². The van der Waals surface area contributed by atoms with Crippen molar-refractivity contribution in [3.63, 3.8) is 0 Å². The van der Waals surface area contributed by atoms with Crippen LogP contribution in [0.3, 0.4) is 0 Å². The molecule has 168 valence electrons. The summed E-state index contributed by atoms with van der Waals surface area (Å²) in [5.74, 6) is 0. The molecule has 0 aromatic heterocycles. The van der Waals surface area contributed by atoms with Gasteiger partial charge in [0, 0.05) is 16.4 Å². The molecule has 0 aliphatic carbocycles. The zero-order valence-corrected chi connectivity index (χ0v) is 20.1. The molecule has 0 unspecified atom stereocenters. The Morgan fingerprint density at radius 1 is 0.906 bits per heavy atom. The lowest BCUT2D eigenvalue weighted by atomic mass is 10.0. The first-order chi connectivity index (χ1) is 15.4. The van der Waals surface area contributed by atoms with E-state index in [1.807, 2.05) is 26.0 Å². The van der Waals surface area contributed by atoms with Crippen LogP contribution in [-0.2, 0) is 25.8 Å². The van der Waals surface area contributed by atoms with Crippen molar-refractivity contribution in [2.75, 3.05) is 16.0 Å². The zero-order valence-electron chi connectivity index (χ0n) is 19.3. The van der Waals surface area contributed by atoms with Crippen LogP contribution in [0, 0.1) is 6.92 Å². The molecule has 3 aromatic rings. The van der Waals surface area contributed by atoms with E-state index in [-0.39, 0.29) is 6.03 Å². The summed E-state index contributed by atoms with van der Waals surface area (Å²) in [4.78, 5) is 15.4. The van der Waals surface area contributed by atoms with Crippen LogP contribution in [-0.4, -0.2) is 6.03 Å². The number of nitrogen functional groups attached to an aromatic ring is 1. The molecule has 32 heavy (non-hydrogen) atoms. The van der Waals surface area contributed by atoms with E-state index in [0.717, 1.165) is 34.5 Å². The lowest BCUT2D eigenvalue weighted by molar-refractivity contribution is 0.256. The van der Waals surface area contributed by atoms with Gasteiger partial charge in [-0.2, -0.15) is 0 Å². The Balaban J connectivity index is 2.01. The van der Waals surface area contributed by atoms with Gasteiger partial charge in [0.05, 0.1) is 12.2 Å². The summed E-state index contributed by atoms with van der Waals surface area (Å²) in [7, 11) is 0. The van der Waals surface area contributed by atoms with Gasteiger partial charge < -0.3 is 11.1 Å². The Bertz CT molecular complexity index is 1050. The van der Waals surface area contributed by atoms with Crippen molar-refractivity contribution < 1.29 is 4.79 Å². The largest absolute Gasteiger partial charge is 0.398 e. The number of aryl methyl sites for hydroxylation is 2. The van der Waals surface area contributed by atoms with Gasteiger partial charge in [-0.3, -0.25) is 4.90 Å². The summed E-state index contributed by atoms with van der Waals surface area (Å²) in [5.41, 5.74) is 13.7. The minimum absolute atomic E-state index is 0.208. The molecule has 0 heterocycles. The van der Waals surface area contributed by atoms with Gasteiger partial charge in [0.15, 0.2) is 0 Å². The molecule has 0 atom stereocenters. The summed E-state index contributed by atoms with van der Waals surface area (Å²) in [6, 6.07) is 17.9. The predicted octanol–water partition coefficient (Wildman–Crippen LogP) is 7.16. The predicted molar refractivity (Wildman–Crippen MR) is 137 cm³/mol. The molecule has 0 saturated heterocycles. The number of hydrogen-bond donors (Lipinski definition) is 2. The highest BCUT2D eigenvalue weighted by Gasteiger charge is 2.21. The summed E-state index contributed by atoms with van der Waals surface area (Å²) >= 11 is 6.48. The Hall–Kier alpha value is -2.98. The molecule has 0 spiro atoms. The number of nitrogens with one attached hydrogen (secondary N) is 1. The molecule has 4 nitrogen and oxygen atoms in total. The summed E-state index contributed by atoms with van der Waals surface area (Å²) in [5, 5.41) is 3.72. The third-order valence-electron chi connectivity index (χ3n) is 5.82. The Morgan fingerprint density at radius 3 is 2.06 bits per heavy atom. The van der Waals surface area contributed by atoms with Gasteiger partial charge in [-0.15, -0.1) is 0 Å². The normalized spacial score (nSPS) is 10.8. The van der Waals surface area contributed by atoms with Crippen LogP contribution < -0.4 is 16.0 Å². The number of nitrogens with zero attached hydrogens (tertiary/aromatic N) is 1. The number of nitrogens with two attached hydrogens (primary N) is 1. The molecular weight excluding hydrogens is 418 g/mol. The topological polar surface area (TPSA) is 58.4 Å². The van der Waals surface area contributed by atoms with E-state index in [2.05, 4.69) is 55.6 Å². The van der Waals surface area contributed by atoms with Crippen molar-refractivity contribution in [2.45, 2.75) is 53.5 Å². The highest BCUT2D eigenvalue weighted by molar-refractivity contribution is 6.32. The SMILES string of the molecule is CCc1ccc(N(Cc2ccc(C)cc2)C(=O)Nc2c(CC)c(N)cc(Cl)c2CC)cc1. The van der Waals surface area contributed by atoms with Crippen LogP contribution in [0.5, 0.6) is 0 Å². The number of carbonyl (C=O) groups excluding carboxylic acids is 1. The Morgan fingerprint density at radius 2 is 1.50 bits per heavy atom. The second-order valence-electron chi connectivity index (χ2n) is 8.01. The number of benzene rings is 3. The van der Waals surface area contributed by atoms with E-state index in [1.54, 1.807) is 11.0 Å². The van der Waals surface area contributed by atoms with Crippen LogP contribution in [0.25, 0.3) is 0 Å². The fourth-order valence-corrected chi connectivity index (χ4v) is 4.22. The second-order valence-corrected chi connectivity index (χ2v) is 8.42. The van der Waals surface area contributed by atoms with E-state index in [9.17, 15) is 4.79 Å². The van der Waals surface area contributed by atoms with Crippen LogP contribution in [0.4, 0.5) is 21.9 Å². The number of urea groups is 1. The monoisotopic (exact) mass is 449 g/mol. The molecule has 0 fully saturated rings. The average Bonchev–Trinajstić information content (AvgIpc) is 2.79. The van der Waals surface area contributed by atoms with Crippen molar-refractivity contribution in [1.29, 1.82) is 0 Å². The Kier molecular flexibility index (Phi) is 7.81. The first kappa shape index (κ1) is 23.7. The Labute approximate surface area is 196 Å². The number of anilines is 3. The zero-order chi connectivity index (χ0) is 23.3. The summed E-state index contributed by atoms with van der Waals surface area (Å²) in [6.45, 7) is 8.69. The highest BCUT2D eigenvalue weighted by Crippen LogP contribution is 2.34. The third-order valence-corrected chi connectivity index (χ3v) is 6.16. The van der Waals surface area contributed by atoms with Crippen LogP contribution in [0.1, 0.15) is 48.6 Å². The van der Waals surface area contributed by atoms with Gasteiger partial charge in [0.2, 0.25) is 0 Å². The van der Waals surface area contributed by atoms with E-state index in [0.29, 0.717) is 30.1 Å². The summed E-state index contributed by atoms with van der Waals surface area (Å²) < 4.78 is 0. The minimum Gasteiger partial charge on any atom is -0.398 e. The van der Waals surface area contributed by atoms with Crippen molar-refractivity contribution in [1.82, 2.24) is 0 Å². The first-order valence-electron chi connectivity index (χ1n) is 11.2. The second kappa shape index (κ2) is 10.6. The molecule has 0 aliphatic rings. The molecule has 3 N–H and O–H groups in total. The first-order valence-corrected chi connectivity index (χ1v) is 11.6. The van der Waals surface area contributed by atoms with E-state index in [4.69, 9.17) is 17.3 Å². The fraction of sp³-hybridized carbons (Fsp3) is 0.296. The van der Waals surface area contributed by atoms with Gasteiger partial charge in [0.25, 0.3) is 0 Å². The van der Waals surface area contributed by atoms with Crippen LogP contribution in [0.15, 0.2) is 54.6 Å². The number of hydrogen-bond acceptors (Lipinski definition) is 2. The molecule has 2 amide bonds. The minimum atomic E-state index is -0.208. The molecule has 0 radical (unpaired) electrons. The third kappa shape index (κ3) is 5.25. The van der Waals surface area contributed by atoms with E-state index >= 15 is 0 Å². The maximum absolute atomic E-state index is 13.6. The standard InChI is InChI=1S/C27H32ClN3O/c1-5-19-12-14-21(15-13-19)31(17-20-10-8-18(4)9-11-20)27(32)30-26-22(6-2)24(28)16-25(29)23(26)7-3/h8-16H,5-7,17,29H2,1-4H3,(H,30,32). The summed E-state index contributed by atoms with van der Waals surface area (Å²) in [6.07, 6.45) is 2.35. The van der Waals surface area contributed by atoms with Crippen molar-refractivity contribution in [2.24, 2.45) is 0 Å². The quantitative estimate of drug-likeness (QED) is 0.376. The smallest absolute Gasteiger partial charge is 0.326 e. The number of rotatable bonds is 7. The van der Waals surface area contributed by atoms with Crippen LogP contribution in [0.2, 0.25) is 5.02 Å². The van der Waals surface area contributed by atoms with Crippen molar-refractivity contribution in [3.8, 4) is 0 Å². The molecule has 5 heteroatoms. The van der Waals surface area contributed by atoms with E-state index in [1.165, 1.54) is 11.1 Å². The molecular formula is C27H32ClN3O. The molecule has 0 saturated carbocycles. The van der Waals surface area contributed by atoms with Crippen molar-refractivity contribution in [3.05, 3.63) is 87.4 Å². The maximum atomic E-state index is 13.6. The number of halogens is 1. The van der Waals surface area contributed by atoms with Gasteiger partial charge in [-0.25, -0.2) is 4.79 Å². The highest BCUT2D eigenvalue weighted by atomic mass is 35.5. The molecule has 0 bridgehead atoms. The number of amides is 2. The molecule has 0 aliphatic heterocycles. The lowest BCUT2D eigenvalue weighted by Crippen LogP contribution is -2.35. The lowest BCUT2D eigenvalue weighted by Gasteiger charge is -2.26. The average molecular weight is 450 g/mol. The van der Waals surface area contributed by atoms with E-state index < -0.39 is 0 Å². The molecule has 3 aromatic carbocycles. The molecule has 3 rings (SSSR count). The maximum Gasteiger partial charge on any atom is 0.326 e. The number of carbonyl (C=O) groups is 1. The fourth-order valence-electron chi connectivity index (χ4n) is 3.88. The van der Waals surface area contributed by atoms with Crippen LogP contribution >= 0.6 is 11.6 Å². The van der Waals surface area contributed by atoms with Crippen molar-refractivity contribution >= 4 is 34.7 Å². The van der Waals surface area contributed by atoms with Gasteiger partial charge in [-0.05, 0) is 66.6 Å². The van der Waals surface area contributed by atoms with Gasteiger partial charge in [-0.1, -0.05) is 74.3 Å².